The summed E-state index contributed by atoms with van der Waals surface area (Å²) < 4.78 is 5.20. The summed E-state index contributed by atoms with van der Waals surface area (Å²) in [5, 5.41) is 12.0. The number of nitrogens with two attached hydrogens (primary N) is 1. The molecule has 4 N–H and O–H groups in total. The van der Waals surface area contributed by atoms with Gasteiger partial charge in [-0.2, -0.15) is 0 Å². The Kier molecular flexibility index (Phi) is 4.94. The smallest absolute Gasteiger partial charge is 0.408 e. The standard InChI is InChI=1S/C13H21N3O2S/c1-8(16-12(17)18-13(2,3)4)10-5-9(7-19-10)6-11(14)15/h5,7-8H,6H2,1-4H3,(H3,14,15)(H,16,17)/t8-/m1/s1. The van der Waals surface area contributed by atoms with Gasteiger partial charge in [0.05, 0.1) is 11.9 Å². The highest BCUT2D eigenvalue weighted by Gasteiger charge is 2.19. The van der Waals surface area contributed by atoms with Gasteiger partial charge in [0.2, 0.25) is 0 Å². The van der Waals surface area contributed by atoms with E-state index in [0.29, 0.717) is 6.42 Å². The molecule has 1 aromatic heterocycles. The first kappa shape index (κ1) is 15.5. The Morgan fingerprint density at radius 1 is 1.58 bits per heavy atom. The molecule has 19 heavy (non-hydrogen) atoms. The molecule has 1 amide bonds. The van der Waals surface area contributed by atoms with Gasteiger partial charge in [0, 0.05) is 11.3 Å². The normalized spacial score (nSPS) is 12.8. The van der Waals surface area contributed by atoms with Crippen LogP contribution in [-0.4, -0.2) is 17.5 Å². The Hall–Kier alpha value is -1.56. The average molecular weight is 283 g/mol. The third kappa shape index (κ3) is 5.74. The number of ether oxygens (including phenoxy) is 1. The van der Waals surface area contributed by atoms with Crippen LogP contribution in [0, 0.1) is 5.41 Å². The van der Waals surface area contributed by atoms with Crippen molar-refractivity contribution in [3.8, 4) is 0 Å². The summed E-state index contributed by atoms with van der Waals surface area (Å²) in [6.45, 7) is 7.38. The SMILES string of the molecule is C[C@@H](NC(=O)OC(C)(C)C)c1cc(CC(=N)N)cs1. The number of thiophene rings is 1. The number of amidine groups is 1. The van der Waals surface area contributed by atoms with Crippen LogP contribution in [0.3, 0.4) is 0 Å². The predicted molar refractivity (Wildman–Crippen MR) is 77.7 cm³/mol. The van der Waals surface area contributed by atoms with E-state index >= 15 is 0 Å². The predicted octanol–water partition coefficient (Wildman–Crippen LogP) is 2.81. The van der Waals surface area contributed by atoms with E-state index in [1.54, 1.807) is 0 Å². The fourth-order valence-corrected chi connectivity index (χ4v) is 2.41. The zero-order valence-corrected chi connectivity index (χ0v) is 12.6. The van der Waals surface area contributed by atoms with Crippen molar-refractivity contribution in [1.82, 2.24) is 5.32 Å². The molecule has 0 aliphatic rings. The molecule has 0 aromatic carbocycles. The fourth-order valence-electron chi connectivity index (χ4n) is 1.49. The van der Waals surface area contributed by atoms with Gasteiger partial charge in [0.1, 0.15) is 5.60 Å². The number of hydrogen-bond acceptors (Lipinski definition) is 4. The van der Waals surface area contributed by atoms with Gasteiger partial charge in [-0.1, -0.05) is 0 Å². The van der Waals surface area contributed by atoms with Crippen LogP contribution < -0.4 is 11.1 Å². The lowest BCUT2D eigenvalue weighted by Gasteiger charge is -2.21. The molecule has 106 valence electrons. The third-order valence-corrected chi connectivity index (χ3v) is 3.39. The fraction of sp³-hybridized carbons (Fsp3) is 0.538. The van der Waals surface area contributed by atoms with E-state index in [-0.39, 0.29) is 11.9 Å². The molecule has 0 saturated carbocycles. The van der Waals surface area contributed by atoms with Crippen molar-refractivity contribution in [2.24, 2.45) is 5.73 Å². The number of rotatable bonds is 4. The highest BCUT2D eigenvalue weighted by molar-refractivity contribution is 7.10. The van der Waals surface area contributed by atoms with E-state index in [1.807, 2.05) is 39.1 Å². The molecule has 0 saturated heterocycles. The molecule has 0 spiro atoms. The van der Waals surface area contributed by atoms with E-state index in [9.17, 15) is 4.79 Å². The van der Waals surface area contributed by atoms with Crippen molar-refractivity contribution in [2.75, 3.05) is 0 Å². The maximum absolute atomic E-state index is 11.6. The summed E-state index contributed by atoms with van der Waals surface area (Å²) >= 11 is 1.54. The molecule has 1 atom stereocenters. The maximum Gasteiger partial charge on any atom is 0.408 e. The van der Waals surface area contributed by atoms with Crippen LogP contribution in [-0.2, 0) is 11.2 Å². The molecule has 0 aliphatic heterocycles. The molecule has 1 aromatic rings. The summed E-state index contributed by atoms with van der Waals surface area (Å²) in [7, 11) is 0. The van der Waals surface area contributed by atoms with E-state index in [2.05, 4.69) is 5.32 Å². The molecule has 0 fully saturated rings. The maximum atomic E-state index is 11.6. The molecule has 0 bridgehead atoms. The summed E-state index contributed by atoms with van der Waals surface area (Å²) in [5.41, 5.74) is 5.85. The second-order valence-corrected chi connectivity index (χ2v) is 6.37. The molecule has 0 aliphatic carbocycles. The van der Waals surface area contributed by atoms with Crippen LogP contribution >= 0.6 is 11.3 Å². The summed E-state index contributed by atoms with van der Waals surface area (Å²) in [6.07, 6.45) is 0.0110. The molecule has 1 heterocycles. The number of nitrogens with one attached hydrogen (secondary N) is 2. The van der Waals surface area contributed by atoms with Gasteiger partial charge in [-0.25, -0.2) is 4.79 Å². The quantitative estimate of drug-likeness (QED) is 0.586. The summed E-state index contributed by atoms with van der Waals surface area (Å²) in [5.74, 6) is 0.136. The molecular formula is C13H21N3O2S. The first-order chi connectivity index (χ1) is 8.67. The Morgan fingerprint density at radius 2 is 2.21 bits per heavy atom. The zero-order valence-electron chi connectivity index (χ0n) is 11.7. The Balaban J connectivity index is 2.58. The van der Waals surface area contributed by atoms with Gasteiger partial charge in [0.25, 0.3) is 0 Å². The number of alkyl carbamates (subject to hydrolysis) is 1. The minimum atomic E-state index is -0.501. The summed E-state index contributed by atoms with van der Waals surface area (Å²) in [4.78, 5) is 12.7. The molecule has 0 radical (unpaired) electrons. The minimum absolute atomic E-state index is 0.124. The third-order valence-electron chi connectivity index (χ3n) is 2.23. The largest absolute Gasteiger partial charge is 0.444 e. The number of carbonyl (C=O) groups is 1. The Morgan fingerprint density at radius 3 is 2.74 bits per heavy atom. The van der Waals surface area contributed by atoms with E-state index in [0.717, 1.165) is 10.4 Å². The first-order valence-corrected chi connectivity index (χ1v) is 6.95. The van der Waals surface area contributed by atoms with Crippen LogP contribution in [0.15, 0.2) is 11.4 Å². The van der Waals surface area contributed by atoms with E-state index in [4.69, 9.17) is 15.9 Å². The van der Waals surface area contributed by atoms with Crippen molar-refractivity contribution < 1.29 is 9.53 Å². The minimum Gasteiger partial charge on any atom is -0.444 e. The van der Waals surface area contributed by atoms with Crippen LogP contribution in [0.2, 0.25) is 0 Å². The van der Waals surface area contributed by atoms with Gasteiger partial charge in [-0.3, -0.25) is 5.41 Å². The van der Waals surface area contributed by atoms with Gasteiger partial charge >= 0.3 is 6.09 Å². The van der Waals surface area contributed by atoms with Crippen LogP contribution in [0.4, 0.5) is 4.79 Å². The van der Waals surface area contributed by atoms with Gasteiger partial charge in [-0.15, -0.1) is 11.3 Å². The molecule has 6 heteroatoms. The molecule has 0 unspecified atom stereocenters. The Labute approximate surface area is 117 Å². The number of amides is 1. The van der Waals surface area contributed by atoms with Crippen LogP contribution in [0.25, 0.3) is 0 Å². The van der Waals surface area contributed by atoms with E-state index in [1.165, 1.54) is 11.3 Å². The second kappa shape index (κ2) is 6.06. The van der Waals surface area contributed by atoms with Crippen molar-refractivity contribution in [3.05, 3.63) is 21.9 Å². The van der Waals surface area contributed by atoms with Crippen molar-refractivity contribution >= 4 is 23.3 Å². The molecule has 5 nitrogen and oxygen atoms in total. The van der Waals surface area contributed by atoms with Crippen LogP contribution in [0.5, 0.6) is 0 Å². The van der Waals surface area contributed by atoms with E-state index < -0.39 is 11.7 Å². The van der Waals surface area contributed by atoms with Gasteiger partial charge in [-0.05, 0) is 44.7 Å². The topological polar surface area (TPSA) is 88.2 Å². The van der Waals surface area contributed by atoms with Crippen LogP contribution in [0.1, 0.15) is 44.2 Å². The van der Waals surface area contributed by atoms with Crippen molar-refractivity contribution in [3.63, 3.8) is 0 Å². The molecular weight excluding hydrogens is 262 g/mol. The lowest BCUT2D eigenvalue weighted by atomic mass is 10.2. The number of carbonyl (C=O) groups excluding carboxylic acids is 1. The lowest BCUT2D eigenvalue weighted by molar-refractivity contribution is 0.0509. The first-order valence-electron chi connectivity index (χ1n) is 6.07. The monoisotopic (exact) mass is 283 g/mol. The van der Waals surface area contributed by atoms with Gasteiger partial charge < -0.3 is 15.8 Å². The lowest BCUT2D eigenvalue weighted by Crippen LogP contribution is -2.33. The van der Waals surface area contributed by atoms with Crippen molar-refractivity contribution in [2.45, 2.75) is 45.8 Å². The molecule has 1 rings (SSSR count). The highest BCUT2D eigenvalue weighted by Crippen LogP contribution is 2.22. The van der Waals surface area contributed by atoms with Crippen molar-refractivity contribution in [1.29, 1.82) is 5.41 Å². The zero-order chi connectivity index (χ0) is 14.6. The van der Waals surface area contributed by atoms with Gasteiger partial charge in [0.15, 0.2) is 0 Å². The second-order valence-electron chi connectivity index (χ2n) is 5.43. The highest BCUT2D eigenvalue weighted by atomic mass is 32.1. The Bertz CT molecular complexity index is 463. The average Bonchev–Trinajstić information content (AvgIpc) is 2.61. The number of hydrogen-bond donors (Lipinski definition) is 3. The summed E-state index contributed by atoms with van der Waals surface area (Å²) in [6, 6.07) is 1.83.